The van der Waals surface area contributed by atoms with Gasteiger partial charge in [-0.15, -0.1) is 0 Å². The van der Waals surface area contributed by atoms with Gasteiger partial charge >= 0.3 is 0 Å². The summed E-state index contributed by atoms with van der Waals surface area (Å²) in [6.07, 6.45) is 3.76. The Hall–Kier alpha value is -8.45. The van der Waals surface area contributed by atoms with E-state index in [1.807, 2.05) is 30.6 Å². The lowest BCUT2D eigenvalue weighted by atomic mass is 9.70. The van der Waals surface area contributed by atoms with Crippen LogP contribution in [0.3, 0.4) is 0 Å². The lowest BCUT2D eigenvalue weighted by molar-refractivity contribution is 0.793. The van der Waals surface area contributed by atoms with Gasteiger partial charge < -0.3 is 0 Å². The molecule has 2 aliphatic rings. The molecule has 3 nitrogen and oxygen atoms in total. The molecule has 2 aliphatic carbocycles. The molecule has 292 valence electrons. The number of rotatable bonds is 6. The maximum absolute atomic E-state index is 10.2. The van der Waals surface area contributed by atoms with Gasteiger partial charge in [0.05, 0.1) is 28.4 Å². The number of hydrogen-bond acceptors (Lipinski definition) is 3. The zero-order valence-electron chi connectivity index (χ0n) is 34.2. The molecule has 2 heterocycles. The zero-order valence-corrected chi connectivity index (χ0v) is 34.2. The van der Waals surface area contributed by atoms with Gasteiger partial charge in [-0.2, -0.15) is 5.26 Å². The predicted molar refractivity (Wildman–Crippen MR) is 256 cm³/mol. The number of fused-ring (bicyclic) bond motifs is 10. The van der Waals surface area contributed by atoms with Crippen molar-refractivity contribution in [2.45, 2.75) is 5.41 Å². The maximum atomic E-state index is 10.2. The van der Waals surface area contributed by atoms with Crippen molar-refractivity contribution < 1.29 is 0 Å². The van der Waals surface area contributed by atoms with Gasteiger partial charge in [0.25, 0.3) is 0 Å². The van der Waals surface area contributed by atoms with Gasteiger partial charge in [-0.25, -0.2) is 4.98 Å². The summed E-state index contributed by atoms with van der Waals surface area (Å²) in [6.45, 7) is 0. The van der Waals surface area contributed by atoms with E-state index in [2.05, 4.69) is 205 Å². The van der Waals surface area contributed by atoms with Gasteiger partial charge in [0.1, 0.15) is 0 Å². The standard InChI is InChI=1S/C60H37N3/c61-37-39-21-27-52-53-28-26-44(34-57(53)60(56(52)30-39)54-19-9-7-17-50(54)51-18-8-10-20-55(51)60)46-31-47(45-16-11-29-62-38-45)33-49(32-46)59-36-48(41-14-5-2-6-15-41)35-58(63-59)43-24-22-42(23-25-43)40-12-3-1-4-13-40/h1-36,38H. The molecule has 8 aromatic carbocycles. The highest BCUT2D eigenvalue weighted by Crippen LogP contribution is 2.63. The number of nitriles is 1. The lowest BCUT2D eigenvalue weighted by Gasteiger charge is -2.30. The molecule has 0 atom stereocenters. The SMILES string of the molecule is N#Cc1ccc2c(c1)C1(c3ccccc3-c3ccccc31)c1cc(-c3cc(-c4cccnc4)cc(-c4cc(-c5ccccc5)cc(-c5ccc(-c6ccccc6)cc5)n4)c3)ccc1-2. The van der Waals surface area contributed by atoms with Gasteiger partial charge in [0.15, 0.2) is 0 Å². The van der Waals surface area contributed by atoms with E-state index in [0.29, 0.717) is 5.56 Å². The van der Waals surface area contributed by atoms with Crippen molar-refractivity contribution in [1.29, 1.82) is 5.26 Å². The molecule has 10 aromatic rings. The molecule has 2 aromatic heterocycles. The summed E-state index contributed by atoms with van der Waals surface area (Å²) in [6, 6.07) is 78.3. The minimum absolute atomic E-state index is 0.582. The first-order valence-electron chi connectivity index (χ1n) is 21.3. The first-order valence-corrected chi connectivity index (χ1v) is 21.3. The van der Waals surface area contributed by atoms with Crippen molar-refractivity contribution >= 4 is 0 Å². The first kappa shape index (κ1) is 36.4. The van der Waals surface area contributed by atoms with Crippen molar-refractivity contribution in [3.05, 3.63) is 253 Å². The molecule has 0 saturated carbocycles. The summed E-state index contributed by atoms with van der Waals surface area (Å²) in [5.41, 5.74) is 22.5. The Morgan fingerprint density at radius 2 is 0.810 bits per heavy atom. The fourth-order valence-corrected chi connectivity index (χ4v) is 10.1. The molecule has 3 heteroatoms. The average Bonchev–Trinajstić information content (AvgIpc) is 3.83. The van der Waals surface area contributed by atoms with Crippen LogP contribution in [-0.2, 0) is 5.41 Å². The van der Waals surface area contributed by atoms with E-state index in [9.17, 15) is 5.26 Å². The van der Waals surface area contributed by atoms with Crippen molar-refractivity contribution in [3.63, 3.8) is 0 Å². The van der Waals surface area contributed by atoms with E-state index in [4.69, 9.17) is 4.98 Å². The summed E-state index contributed by atoms with van der Waals surface area (Å²) in [5.74, 6) is 0. The Labute approximate surface area is 366 Å². The van der Waals surface area contributed by atoms with Crippen molar-refractivity contribution in [2.24, 2.45) is 0 Å². The highest BCUT2D eigenvalue weighted by molar-refractivity contribution is 5.96. The van der Waals surface area contributed by atoms with Crippen LogP contribution < -0.4 is 0 Å². The maximum Gasteiger partial charge on any atom is 0.0991 e. The number of aromatic nitrogens is 2. The van der Waals surface area contributed by atoms with Crippen LogP contribution in [0, 0.1) is 11.3 Å². The smallest absolute Gasteiger partial charge is 0.0991 e. The third kappa shape index (κ3) is 5.88. The third-order valence-corrected chi connectivity index (χ3v) is 13.0. The van der Waals surface area contributed by atoms with Crippen molar-refractivity contribution in [1.82, 2.24) is 9.97 Å². The molecule has 0 fully saturated rings. The highest BCUT2D eigenvalue weighted by atomic mass is 14.7. The fraction of sp³-hybridized carbons (Fsp3) is 0.0167. The van der Waals surface area contributed by atoms with Crippen LogP contribution in [0.4, 0.5) is 0 Å². The molecule has 63 heavy (non-hydrogen) atoms. The summed E-state index contributed by atoms with van der Waals surface area (Å²) in [7, 11) is 0. The Bertz CT molecular complexity index is 3390. The fourth-order valence-electron chi connectivity index (χ4n) is 10.1. The largest absolute Gasteiger partial charge is 0.264 e. The van der Waals surface area contributed by atoms with Crippen LogP contribution in [0.25, 0.3) is 89.3 Å². The third-order valence-electron chi connectivity index (χ3n) is 13.0. The van der Waals surface area contributed by atoms with Gasteiger partial charge in [0.2, 0.25) is 0 Å². The average molecular weight is 800 g/mol. The molecule has 0 radical (unpaired) electrons. The van der Waals surface area contributed by atoms with Crippen LogP contribution in [0.5, 0.6) is 0 Å². The Morgan fingerprint density at radius 3 is 1.46 bits per heavy atom. The van der Waals surface area contributed by atoms with Crippen LogP contribution >= 0.6 is 0 Å². The molecule has 0 unspecified atom stereocenters. The molecule has 0 amide bonds. The zero-order chi connectivity index (χ0) is 41.9. The number of nitrogens with zero attached hydrogens (tertiary/aromatic N) is 3. The molecular formula is C60H37N3. The Balaban J connectivity index is 1.07. The highest BCUT2D eigenvalue weighted by Gasteiger charge is 2.51. The van der Waals surface area contributed by atoms with Crippen LogP contribution in [0.1, 0.15) is 27.8 Å². The quantitative estimate of drug-likeness (QED) is 0.168. The molecule has 12 rings (SSSR count). The first-order chi connectivity index (χ1) is 31.2. The Morgan fingerprint density at radius 1 is 0.333 bits per heavy atom. The van der Waals surface area contributed by atoms with Gasteiger partial charge in [-0.3, -0.25) is 4.98 Å². The van der Waals surface area contributed by atoms with Crippen LogP contribution in [-0.4, -0.2) is 9.97 Å². The second-order valence-electron chi connectivity index (χ2n) is 16.5. The predicted octanol–water partition coefficient (Wildman–Crippen LogP) is 14.7. The van der Waals surface area contributed by atoms with E-state index in [-0.39, 0.29) is 0 Å². The molecule has 1 spiro atoms. The number of pyridine rings is 2. The minimum Gasteiger partial charge on any atom is -0.264 e. The lowest BCUT2D eigenvalue weighted by Crippen LogP contribution is -2.26. The summed E-state index contributed by atoms with van der Waals surface area (Å²) in [4.78, 5) is 9.98. The summed E-state index contributed by atoms with van der Waals surface area (Å²) >= 11 is 0. The molecule has 0 bridgehead atoms. The molecule has 0 saturated heterocycles. The van der Waals surface area contributed by atoms with E-state index in [0.717, 1.165) is 67.0 Å². The van der Waals surface area contributed by atoms with E-state index in [1.165, 1.54) is 44.5 Å². The van der Waals surface area contributed by atoms with Gasteiger partial charge in [-0.1, -0.05) is 158 Å². The molecule has 0 N–H and O–H groups in total. The topological polar surface area (TPSA) is 49.6 Å². The number of hydrogen-bond donors (Lipinski definition) is 0. The van der Waals surface area contributed by atoms with E-state index < -0.39 is 5.41 Å². The molecular weight excluding hydrogens is 763 g/mol. The van der Waals surface area contributed by atoms with Crippen LogP contribution in [0.2, 0.25) is 0 Å². The summed E-state index contributed by atoms with van der Waals surface area (Å²) < 4.78 is 0. The van der Waals surface area contributed by atoms with E-state index >= 15 is 0 Å². The Kier molecular flexibility index (Phi) is 8.45. The number of benzene rings is 8. The van der Waals surface area contributed by atoms with Crippen LogP contribution in [0.15, 0.2) is 225 Å². The monoisotopic (exact) mass is 799 g/mol. The second kappa shape index (κ2) is 14.6. The van der Waals surface area contributed by atoms with Crippen molar-refractivity contribution in [2.75, 3.05) is 0 Å². The van der Waals surface area contributed by atoms with Crippen molar-refractivity contribution in [3.8, 4) is 95.3 Å². The normalized spacial score (nSPS) is 12.6. The second-order valence-corrected chi connectivity index (χ2v) is 16.5. The van der Waals surface area contributed by atoms with Gasteiger partial charge in [0, 0.05) is 29.1 Å². The van der Waals surface area contributed by atoms with Gasteiger partial charge in [-0.05, 0) is 138 Å². The summed E-state index contributed by atoms with van der Waals surface area (Å²) in [5, 5.41) is 10.2. The van der Waals surface area contributed by atoms with E-state index in [1.54, 1.807) is 0 Å². The minimum atomic E-state index is -0.582. The molecule has 0 aliphatic heterocycles.